The molecule has 0 aliphatic carbocycles. The third-order valence-corrected chi connectivity index (χ3v) is 3.57. The van der Waals surface area contributed by atoms with Gasteiger partial charge in [-0.1, -0.05) is 25.1 Å². The normalized spacial score (nSPS) is 21.5. The zero-order valence-electron chi connectivity index (χ0n) is 12.8. The number of amidine groups is 1. The van der Waals surface area contributed by atoms with Crippen LogP contribution in [-0.2, 0) is 9.53 Å². The van der Waals surface area contributed by atoms with Gasteiger partial charge in [-0.3, -0.25) is 10.1 Å². The van der Waals surface area contributed by atoms with Crippen molar-refractivity contribution in [1.29, 1.82) is 0 Å². The summed E-state index contributed by atoms with van der Waals surface area (Å²) in [5.41, 5.74) is 1.12. The first kappa shape index (κ1) is 15.4. The lowest BCUT2D eigenvalue weighted by Gasteiger charge is -2.23. The molecule has 21 heavy (non-hydrogen) atoms. The molecule has 0 radical (unpaired) electrons. The minimum Gasteiger partial charge on any atom is -0.493 e. The molecule has 1 aliphatic heterocycles. The highest BCUT2D eigenvalue weighted by atomic mass is 16.5. The summed E-state index contributed by atoms with van der Waals surface area (Å²) in [6.07, 6.45) is 0.729. The lowest BCUT2D eigenvalue weighted by molar-refractivity contribution is -0.124. The number of aliphatic imine (C=N–C) groups is 1. The summed E-state index contributed by atoms with van der Waals surface area (Å²) < 4.78 is 11.2. The number of aryl methyl sites for hydroxylation is 1. The fourth-order valence-corrected chi connectivity index (χ4v) is 1.97. The maximum absolute atomic E-state index is 11.6. The maximum atomic E-state index is 11.6. The van der Waals surface area contributed by atoms with Crippen LogP contribution in [0.5, 0.6) is 5.75 Å². The van der Waals surface area contributed by atoms with Gasteiger partial charge < -0.3 is 9.47 Å². The Morgan fingerprint density at radius 3 is 2.62 bits per heavy atom. The first-order valence-electron chi connectivity index (χ1n) is 7.28. The second-order valence-electron chi connectivity index (χ2n) is 5.27. The molecule has 5 nitrogen and oxygen atoms in total. The topological polar surface area (TPSA) is 59.9 Å². The number of benzene rings is 1. The van der Waals surface area contributed by atoms with E-state index in [-0.39, 0.29) is 17.9 Å². The van der Waals surface area contributed by atoms with Gasteiger partial charge in [-0.25, -0.2) is 4.99 Å². The Hall–Kier alpha value is -2.04. The van der Waals surface area contributed by atoms with Crippen LogP contribution in [0.2, 0.25) is 0 Å². The molecular weight excluding hydrogens is 268 g/mol. The van der Waals surface area contributed by atoms with Gasteiger partial charge in [0, 0.05) is 6.42 Å². The summed E-state index contributed by atoms with van der Waals surface area (Å²) in [4.78, 5) is 15.9. The van der Waals surface area contributed by atoms with Crippen molar-refractivity contribution < 1.29 is 14.3 Å². The smallest absolute Gasteiger partial charge is 0.291 e. The Morgan fingerprint density at radius 1 is 1.19 bits per heavy atom. The number of hydrogen-bond acceptors (Lipinski definition) is 4. The summed E-state index contributed by atoms with van der Waals surface area (Å²) in [5.74, 6) is 0.744. The molecule has 0 fully saturated rings. The van der Waals surface area contributed by atoms with E-state index in [0.717, 1.165) is 17.7 Å². The van der Waals surface area contributed by atoms with Gasteiger partial charge in [-0.15, -0.1) is 0 Å². The SMILES string of the molecule is Cc1ccccc1OCCCOC1=NC(C)C(C)C(=O)N1. The average Bonchev–Trinajstić information content (AvgIpc) is 2.46. The molecule has 0 bridgehead atoms. The summed E-state index contributed by atoms with van der Waals surface area (Å²) in [6.45, 7) is 6.81. The number of nitrogens with one attached hydrogen (secondary N) is 1. The molecule has 1 amide bonds. The van der Waals surface area contributed by atoms with Crippen LogP contribution in [-0.4, -0.2) is 31.2 Å². The fraction of sp³-hybridized carbons (Fsp3) is 0.500. The Labute approximate surface area is 125 Å². The van der Waals surface area contributed by atoms with Crippen LogP contribution in [0.4, 0.5) is 0 Å². The number of rotatable bonds is 5. The van der Waals surface area contributed by atoms with E-state index in [2.05, 4.69) is 10.3 Å². The number of amides is 1. The van der Waals surface area contributed by atoms with Crippen LogP contribution < -0.4 is 10.1 Å². The number of carbonyl (C=O) groups is 1. The number of para-hydroxylation sites is 1. The zero-order chi connectivity index (χ0) is 15.2. The first-order valence-corrected chi connectivity index (χ1v) is 7.28. The zero-order valence-corrected chi connectivity index (χ0v) is 12.8. The molecule has 1 aromatic carbocycles. The fourth-order valence-electron chi connectivity index (χ4n) is 1.97. The van der Waals surface area contributed by atoms with Crippen LogP contribution in [0.25, 0.3) is 0 Å². The van der Waals surface area contributed by atoms with Crippen LogP contribution in [0, 0.1) is 12.8 Å². The molecule has 0 spiro atoms. The molecule has 2 atom stereocenters. The molecule has 1 aliphatic rings. The molecule has 0 saturated carbocycles. The minimum absolute atomic E-state index is 0.0383. The summed E-state index contributed by atoms with van der Waals surface area (Å²) in [6, 6.07) is 8.18. The van der Waals surface area contributed by atoms with E-state index in [0.29, 0.717) is 19.2 Å². The largest absolute Gasteiger partial charge is 0.493 e. The maximum Gasteiger partial charge on any atom is 0.291 e. The molecule has 0 saturated heterocycles. The van der Waals surface area contributed by atoms with Gasteiger partial charge in [0.15, 0.2) is 0 Å². The molecule has 5 heteroatoms. The van der Waals surface area contributed by atoms with Gasteiger partial charge in [0.05, 0.1) is 25.2 Å². The van der Waals surface area contributed by atoms with Crippen molar-refractivity contribution >= 4 is 11.9 Å². The van der Waals surface area contributed by atoms with Crippen molar-refractivity contribution in [2.45, 2.75) is 33.2 Å². The lowest BCUT2D eigenvalue weighted by Crippen LogP contribution is -2.44. The summed E-state index contributed by atoms with van der Waals surface area (Å²) in [5, 5.41) is 2.66. The molecule has 2 unspecified atom stereocenters. The average molecular weight is 290 g/mol. The Balaban J connectivity index is 1.70. The van der Waals surface area contributed by atoms with Crippen molar-refractivity contribution in [3.05, 3.63) is 29.8 Å². The van der Waals surface area contributed by atoms with Gasteiger partial charge in [-0.05, 0) is 25.5 Å². The van der Waals surface area contributed by atoms with Gasteiger partial charge in [0.2, 0.25) is 5.91 Å². The predicted octanol–water partition coefficient (Wildman–Crippen LogP) is 2.29. The standard InChI is InChI=1S/C16H22N2O3/c1-11-7-4-5-8-14(11)20-9-6-10-21-16-17-13(3)12(2)15(19)18-16/h4-5,7-8,12-13H,6,9-10H2,1-3H3,(H,17,18,19). The Morgan fingerprint density at radius 2 is 1.90 bits per heavy atom. The van der Waals surface area contributed by atoms with E-state index in [9.17, 15) is 4.79 Å². The van der Waals surface area contributed by atoms with Crippen LogP contribution >= 0.6 is 0 Å². The number of carbonyl (C=O) groups excluding carboxylic acids is 1. The number of nitrogens with zero attached hydrogens (tertiary/aromatic N) is 1. The molecule has 0 aromatic heterocycles. The molecule has 114 valence electrons. The van der Waals surface area contributed by atoms with Gasteiger partial charge in [0.1, 0.15) is 5.75 Å². The van der Waals surface area contributed by atoms with E-state index >= 15 is 0 Å². The van der Waals surface area contributed by atoms with Gasteiger partial charge in [0.25, 0.3) is 6.02 Å². The summed E-state index contributed by atoms with van der Waals surface area (Å²) >= 11 is 0. The van der Waals surface area contributed by atoms with Crippen LogP contribution in [0.15, 0.2) is 29.3 Å². The Kier molecular flexibility index (Phi) is 5.20. The molecular formula is C16H22N2O3. The van der Waals surface area contributed by atoms with E-state index in [1.54, 1.807) is 0 Å². The van der Waals surface area contributed by atoms with Crippen molar-refractivity contribution in [2.24, 2.45) is 10.9 Å². The Bertz CT molecular complexity index is 528. The number of ether oxygens (including phenoxy) is 2. The second-order valence-corrected chi connectivity index (χ2v) is 5.27. The monoisotopic (exact) mass is 290 g/mol. The quantitative estimate of drug-likeness (QED) is 0.846. The highest BCUT2D eigenvalue weighted by molar-refractivity contribution is 5.97. The van der Waals surface area contributed by atoms with Crippen molar-refractivity contribution in [1.82, 2.24) is 5.32 Å². The lowest BCUT2D eigenvalue weighted by atomic mass is 10.0. The summed E-state index contributed by atoms with van der Waals surface area (Å²) in [7, 11) is 0. The van der Waals surface area contributed by atoms with Gasteiger partial charge >= 0.3 is 0 Å². The van der Waals surface area contributed by atoms with E-state index in [4.69, 9.17) is 9.47 Å². The minimum atomic E-state index is -0.110. The van der Waals surface area contributed by atoms with Crippen molar-refractivity contribution in [3.8, 4) is 5.75 Å². The van der Waals surface area contributed by atoms with E-state index in [1.807, 2.05) is 45.0 Å². The predicted molar refractivity (Wildman–Crippen MR) is 81.4 cm³/mol. The molecule has 1 heterocycles. The van der Waals surface area contributed by atoms with Gasteiger partial charge in [-0.2, -0.15) is 0 Å². The highest BCUT2D eigenvalue weighted by Gasteiger charge is 2.26. The molecule has 1 aromatic rings. The van der Waals surface area contributed by atoms with E-state index < -0.39 is 0 Å². The highest BCUT2D eigenvalue weighted by Crippen LogP contribution is 2.16. The third kappa shape index (κ3) is 4.21. The van der Waals surface area contributed by atoms with Crippen LogP contribution in [0.1, 0.15) is 25.8 Å². The molecule has 1 N–H and O–H groups in total. The molecule has 2 rings (SSSR count). The third-order valence-electron chi connectivity index (χ3n) is 3.57. The van der Waals surface area contributed by atoms with Crippen molar-refractivity contribution in [3.63, 3.8) is 0 Å². The first-order chi connectivity index (χ1) is 10.1. The van der Waals surface area contributed by atoms with Crippen molar-refractivity contribution in [2.75, 3.05) is 13.2 Å². The van der Waals surface area contributed by atoms with E-state index in [1.165, 1.54) is 0 Å². The second kappa shape index (κ2) is 7.11. The number of hydrogen-bond donors (Lipinski definition) is 1. The van der Waals surface area contributed by atoms with Crippen LogP contribution in [0.3, 0.4) is 0 Å².